The molecule has 0 amide bonds. The van der Waals surface area contributed by atoms with Gasteiger partial charge in [-0.25, -0.2) is 0 Å². The third kappa shape index (κ3) is 4.02. The Morgan fingerprint density at radius 3 is 2.94 bits per heavy atom. The number of aromatic nitrogens is 2. The van der Waals surface area contributed by atoms with Crippen LogP contribution in [0.1, 0.15) is 13.3 Å². The van der Waals surface area contributed by atoms with E-state index in [2.05, 4.69) is 20.2 Å². The Morgan fingerprint density at radius 1 is 1.44 bits per heavy atom. The fourth-order valence-electron chi connectivity index (χ4n) is 1.35. The third-order valence-electron chi connectivity index (χ3n) is 2.20. The van der Waals surface area contributed by atoms with Crippen molar-refractivity contribution in [2.45, 2.75) is 13.3 Å². The van der Waals surface area contributed by atoms with Crippen LogP contribution in [0.4, 0.5) is 5.82 Å². The van der Waals surface area contributed by atoms with E-state index < -0.39 is 0 Å². The molecule has 1 rings (SSSR count). The van der Waals surface area contributed by atoms with Gasteiger partial charge >= 0.3 is 0 Å². The van der Waals surface area contributed by atoms with Gasteiger partial charge in [0.15, 0.2) is 5.82 Å². The number of hydrogen-bond donors (Lipinski definition) is 1. The van der Waals surface area contributed by atoms with Gasteiger partial charge in [-0.05, 0) is 26.9 Å². The summed E-state index contributed by atoms with van der Waals surface area (Å²) in [4.78, 5) is 10.5. The fourth-order valence-corrected chi connectivity index (χ4v) is 1.35. The molecule has 0 aliphatic rings. The Labute approximate surface area is 96.8 Å². The highest BCUT2D eigenvalue weighted by atomic mass is 16.5. The van der Waals surface area contributed by atoms with Crippen LogP contribution in [0.3, 0.4) is 0 Å². The van der Waals surface area contributed by atoms with Gasteiger partial charge in [0.1, 0.15) is 0 Å². The van der Waals surface area contributed by atoms with Crippen LogP contribution in [0.15, 0.2) is 12.4 Å². The van der Waals surface area contributed by atoms with Gasteiger partial charge in [-0.15, -0.1) is 0 Å². The van der Waals surface area contributed by atoms with Crippen molar-refractivity contribution < 1.29 is 4.74 Å². The van der Waals surface area contributed by atoms with E-state index in [0.29, 0.717) is 12.5 Å². The molecule has 1 aromatic heterocycles. The van der Waals surface area contributed by atoms with Crippen LogP contribution in [-0.2, 0) is 0 Å². The molecule has 0 unspecified atom stereocenters. The molecule has 0 aliphatic heterocycles. The second-order valence-corrected chi connectivity index (χ2v) is 3.53. The van der Waals surface area contributed by atoms with Crippen molar-refractivity contribution in [3.05, 3.63) is 12.4 Å². The molecule has 0 fully saturated rings. The monoisotopic (exact) mass is 224 g/mol. The lowest BCUT2D eigenvalue weighted by Crippen LogP contribution is -2.23. The third-order valence-corrected chi connectivity index (χ3v) is 2.20. The van der Waals surface area contributed by atoms with Gasteiger partial charge in [-0.3, -0.25) is 4.98 Å². The van der Waals surface area contributed by atoms with Gasteiger partial charge in [-0.1, -0.05) is 0 Å². The van der Waals surface area contributed by atoms with Crippen molar-refractivity contribution in [3.8, 4) is 5.88 Å². The maximum Gasteiger partial charge on any atom is 0.234 e. The van der Waals surface area contributed by atoms with E-state index in [1.165, 1.54) is 0 Å². The first kappa shape index (κ1) is 12.7. The largest absolute Gasteiger partial charge is 0.477 e. The number of rotatable bonds is 7. The molecule has 0 saturated carbocycles. The first-order chi connectivity index (χ1) is 7.77. The summed E-state index contributed by atoms with van der Waals surface area (Å²) in [5.74, 6) is 1.43. The summed E-state index contributed by atoms with van der Waals surface area (Å²) in [6, 6.07) is 0. The summed E-state index contributed by atoms with van der Waals surface area (Å²) in [5.41, 5.74) is 0. The van der Waals surface area contributed by atoms with E-state index in [4.69, 9.17) is 4.74 Å². The lowest BCUT2D eigenvalue weighted by atomic mass is 10.4. The van der Waals surface area contributed by atoms with Gasteiger partial charge < -0.3 is 15.0 Å². The average Bonchev–Trinajstić information content (AvgIpc) is 2.30. The van der Waals surface area contributed by atoms with Gasteiger partial charge in [0.25, 0.3) is 0 Å². The van der Waals surface area contributed by atoms with Crippen molar-refractivity contribution >= 4 is 5.82 Å². The second kappa shape index (κ2) is 7.00. The number of nitrogens with zero attached hydrogens (tertiary/aromatic N) is 3. The molecule has 0 aliphatic carbocycles. The van der Waals surface area contributed by atoms with E-state index in [1.807, 2.05) is 21.0 Å². The van der Waals surface area contributed by atoms with E-state index in [0.717, 1.165) is 25.3 Å². The first-order valence-electron chi connectivity index (χ1n) is 5.58. The summed E-state index contributed by atoms with van der Waals surface area (Å²) in [6.07, 6.45) is 4.46. The predicted octanol–water partition coefficient (Wildman–Crippen LogP) is 0.921. The van der Waals surface area contributed by atoms with E-state index in [1.54, 1.807) is 12.4 Å². The molecule has 0 atom stereocenters. The number of anilines is 1. The summed E-state index contributed by atoms with van der Waals surface area (Å²) < 4.78 is 5.31. The normalized spacial score (nSPS) is 10.2. The van der Waals surface area contributed by atoms with E-state index in [9.17, 15) is 0 Å². The lowest BCUT2D eigenvalue weighted by molar-refractivity contribution is 0.325. The number of hydrogen-bond acceptors (Lipinski definition) is 5. The van der Waals surface area contributed by atoms with Crippen molar-refractivity contribution in [1.29, 1.82) is 0 Å². The topological polar surface area (TPSA) is 50.3 Å². The smallest absolute Gasteiger partial charge is 0.234 e. The molecule has 0 saturated heterocycles. The maximum absolute atomic E-state index is 5.31. The Morgan fingerprint density at radius 2 is 2.25 bits per heavy atom. The van der Waals surface area contributed by atoms with Crippen molar-refractivity contribution in [1.82, 2.24) is 15.3 Å². The average molecular weight is 224 g/mol. The van der Waals surface area contributed by atoms with Crippen LogP contribution in [0, 0.1) is 0 Å². The van der Waals surface area contributed by atoms with Crippen molar-refractivity contribution in [2.75, 3.05) is 38.7 Å². The maximum atomic E-state index is 5.31. The minimum atomic E-state index is 0.584. The lowest BCUT2D eigenvalue weighted by Gasteiger charge is -2.17. The summed E-state index contributed by atoms with van der Waals surface area (Å²) in [5, 5.41) is 3.12. The molecule has 1 aromatic rings. The Balaban J connectivity index is 2.53. The molecular formula is C11H20N4O. The quantitative estimate of drug-likeness (QED) is 0.698. The van der Waals surface area contributed by atoms with E-state index >= 15 is 0 Å². The Hall–Kier alpha value is -1.36. The Kier molecular flexibility index (Phi) is 5.56. The first-order valence-corrected chi connectivity index (χ1v) is 5.58. The highest BCUT2D eigenvalue weighted by molar-refractivity contribution is 5.36. The molecule has 1 N–H and O–H groups in total. The standard InChI is InChI=1S/C11H20N4O/c1-4-16-11-9-13-8-10(14-11)15(3)7-5-6-12-2/h8-9,12H,4-7H2,1-3H3. The molecule has 0 aromatic carbocycles. The molecule has 0 radical (unpaired) electrons. The number of nitrogens with one attached hydrogen (secondary N) is 1. The SMILES string of the molecule is CCOc1cncc(N(C)CCCNC)n1. The van der Waals surface area contributed by atoms with Crippen molar-refractivity contribution in [2.24, 2.45) is 0 Å². The van der Waals surface area contributed by atoms with Gasteiger partial charge in [0.05, 0.1) is 19.0 Å². The minimum absolute atomic E-state index is 0.584. The molecule has 5 nitrogen and oxygen atoms in total. The molecule has 0 spiro atoms. The van der Waals surface area contributed by atoms with Crippen LogP contribution in [0.2, 0.25) is 0 Å². The van der Waals surface area contributed by atoms with E-state index in [-0.39, 0.29) is 0 Å². The van der Waals surface area contributed by atoms with Crippen LogP contribution in [0.25, 0.3) is 0 Å². The zero-order valence-electron chi connectivity index (χ0n) is 10.2. The molecule has 0 bridgehead atoms. The highest BCUT2D eigenvalue weighted by Gasteiger charge is 2.04. The molecule has 16 heavy (non-hydrogen) atoms. The highest BCUT2D eigenvalue weighted by Crippen LogP contribution is 2.12. The summed E-state index contributed by atoms with van der Waals surface area (Å²) in [6.45, 7) is 4.50. The minimum Gasteiger partial charge on any atom is -0.477 e. The summed E-state index contributed by atoms with van der Waals surface area (Å²) >= 11 is 0. The second-order valence-electron chi connectivity index (χ2n) is 3.53. The zero-order valence-corrected chi connectivity index (χ0v) is 10.2. The van der Waals surface area contributed by atoms with Crippen LogP contribution in [-0.4, -0.2) is 43.8 Å². The van der Waals surface area contributed by atoms with Gasteiger partial charge in [-0.2, -0.15) is 4.98 Å². The van der Waals surface area contributed by atoms with Gasteiger partial charge in [0.2, 0.25) is 5.88 Å². The Bertz CT molecular complexity index is 306. The van der Waals surface area contributed by atoms with Crippen molar-refractivity contribution in [3.63, 3.8) is 0 Å². The molecule has 90 valence electrons. The molecule has 5 heteroatoms. The molecular weight excluding hydrogens is 204 g/mol. The van der Waals surface area contributed by atoms with Crippen LogP contribution in [0.5, 0.6) is 5.88 Å². The van der Waals surface area contributed by atoms with Crippen LogP contribution < -0.4 is 15.0 Å². The van der Waals surface area contributed by atoms with Gasteiger partial charge in [0, 0.05) is 13.6 Å². The summed E-state index contributed by atoms with van der Waals surface area (Å²) in [7, 11) is 3.96. The van der Waals surface area contributed by atoms with Crippen LogP contribution >= 0.6 is 0 Å². The predicted molar refractivity (Wildman–Crippen MR) is 65.0 cm³/mol. The zero-order chi connectivity index (χ0) is 11.8. The molecule has 1 heterocycles. The fraction of sp³-hybridized carbons (Fsp3) is 0.636. The number of ether oxygens (including phenoxy) is 1.